The number of aryl methyl sites for hydroxylation is 2. The highest BCUT2D eigenvalue weighted by Crippen LogP contribution is 2.46. The first kappa shape index (κ1) is 26.9. The molecule has 0 aliphatic rings. The Kier molecular flexibility index (Phi) is 8.86. The molecule has 0 unspecified atom stereocenters. The molecule has 8 nitrogen and oxygen atoms in total. The van der Waals surface area contributed by atoms with Gasteiger partial charge in [0.25, 0.3) is 10.0 Å². The zero-order chi connectivity index (χ0) is 25.6. The smallest absolute Gasteiger partial charge is 0.303 e. The van der Waals surface area contributed by atoms with E-state index < -0.39 is 45.4 Å². The topological polar surface area (TPSA) is 141 Å². The number of aromatic hydroxyl groups is 2. The standard InChI is InChI=1S/C25H31NO7S/c1-5-6-7-8-17-14-20(27)23(19-13-16(4)9-10-18(19)15(2)3)24(31)25(17)34(32,33)26-21(28)11-12-22(29)30/h9-10,13-14,27,31H,2,5-8,11-12H2,1,3-4H3,(H,26,28)(H,29,30). The molecule has 2 rings (SSSR count). The summed E-state index contributed by atoms with van der Waals surface area (Å²) in [6, 6.07) is 6.60. The van der Waals surface area contributed by atoms with Crippen LogP contribution in [0.5, 0.6) is 11.5 Å². The lowest BCUT2D eigenvalue weighted by molar-refractivity contribution is -0.138. The summed E-state index contributed by atoms with van der Waals surface area (Å²) < 4.78 is 28.3. The Hall–Kier alpha value is -3.33. The Morgan fingerprint density at radius 3 is 2.35 bits per heavy atom. The lowest BCUT2D eigenvalue weighted by atomic mass is 9.91. The number of benzene rings is 2. The maximum atomic E-state index is 13.2. The average molecular weight is 490 g/mol. The first-order chi connectivity index (χ1) is 15.9. The minimum atomic E-state index is -4.57. The summed E-state index contributed by atoms with van der Waals surface area (Å²) in [5, 5.41) is 30.8. The first-order valence-electron chi connectivity index (χ1n) is 11.0. The second kappa shape index (κ2) is 11.2. The average Bonchev–Trinajstić information content (AvgIpc) is 2.71. The minimum Gasteiger partial charge on any atom is -0.507 e. The van der Waals surface area contributed by atoms with Gasteiger partial charge in [0.1, 0.15) is 16.4 Å². The summed E-state index contributed by atoms with van der Waals surface area (Å²) in [6.45, 7) is 9.48. The molecule has 0 saturated heterocycles. The summed E-state index contributed by atoms with van der Waals surface area (Å²) in [6.07, 6.45) is 1.44. The molecule has 4 N–H and O–H groups in total. The van der Waals surface area contributed by atoms with Gasteiger partial charge in [-0.05, 0) is 49.4 Å². The van der Waals surface area contributed by atoms with Crippen LogP contribution in [0.15, 0.2) is 35.7 Å². The van der Waals surface area contributed by atoms with E-state index in [4.69, 9.17) is 5.11 Å². The van der Waals surface area contributed by atoms with Gasteiger partial charge in [0, 0.05) is 6.42 Å². The lowest BCUT2D eigenvalue weighted by Gasteiger charge is -2.19. The number of rotatable bonds is 11. The van der Waals surface area contributed by atoms with Crippen molar-refractivity contribution in [1.29, 1.82) is 0 Å². The number of hydrogen-bond acceptors (Lipinski definition) is 6. The molecular weight excluding hydrogens is 458 g/mol. The molecule has 1 amide bonds. The Bertz CT molecular complexity index is 1220. The molecule has 0 radical (unpaired) electrons. The van der Waals surface area contributed by atoms with E-state index in [9.17, 15) is 28.2 Å². The van der Waals surface area contributed by atoms with Crippen LogP contribution >= 0.6 is 0 Å². The molecule has 0 atom stereocenters. The maximum absolute atomic E-state index is 13.2. The van der Waals surface area contributed by atoms with Crippen molar-refractivity contribution < 1.29 is 33.3 Å². The van der Waals surface area contributed by atoms with Crippen LogP contribution in [-0.2, 0) is 26.0 Å². The number of nitrogens with one attached hydrogen (secondary N) is 1. The van der Waals surface area contributed by atoms with Crippen molar-refractivity contribution in [2.45, 2.75) is 64.2 Å². The van der Waals surface area contributed by atoms with Crippen LogP contribution in [0.2, 0.25) is 0 Å². The van der Waals surface area contributed by atoms with Crippen molar-refractivity contribution in [1.82, 2.24) is 4.72 Å². The Morgan fingerprint density at radius 1 is 1.09 bits per heavy atom. The van der Waals surface area contributed by atoms with E-state index in [0.717, 1.165) is 18.4 Å². The van der Waals surface area contributed by atoms with E-state index >= 15 is 0 Å². The van der Waals surface area contributed by atoms with Crippen LogP contribution in [-0.4, -0.2) is 35.6 Å². The molecule has 34 heavy (non-hydrogen) atoms. The largest absolute Gasteiger partial charge is 0.507 e. The highest BCUT2D eigenvalue weighted by Gasteiger charge is 2.30. The quantitative estimate of drug-likeness (QED) is 0.340. The van der Waals surface area contributed by atoms with Crippen molar-refractivity contribution in [3.8, 4) is 22.6 Å². The minimum absolute atomic E-state index is 0.0840. The first-order valence-corrected chi connectivity index (χ1v) is 12.5. The number of carboxylic acid groups (broad SMARTS) is 1. The van der Waals surface area contributed by atoms with Gasteiger partial charge in [-0.2, -0.15) is 0 Å². The molecule has 184 valence electrons. The molecule has 0 heterocycles. The van der Waals surface area contributed by atoms with Gasteiger partial charge in [0.2, 0.25) is 5.91 Å². The van der Waals surface area contributed by atoms with Crippen molar-refractivity contribution in [2.24, 2.45) is 0 Å². The zero-order valence-electron chi connectivity index (χ0n) is 19.6. The molecule has 9 heteroatoms. The number of carbonyl (C=O) groups excluding carboxylic acids is 1. The van der Waals surface area contributed by atoms with Crippen LogP contribution in [0.1, 0.15) is 62.6 Å². The highest BCUT2D eigenvalue weighted by molar-refractivity contribution is 7.90. The summed E-state index contributed by atoms with van der Waals surface area (Å²) >= 11 is 0. The van der Waals surface area contributed by atoms with Crippen LogP contribution < -0.4 is 4.72 Å². The molecule has 2 aromatic rings. The van der Waals surface area contributed by atoms with Gasteiger partial charge in [0.15, 0.2) is 0 Å². The number of sulfonamides is 1. The van der Waals surface area contributed by atoms with Crippen molar-refractivity contribution in [3.05, 3.63) is 47.5 Å². The fourth-order valence-corrected chi connectivity index (χ4v) is 5.08. The van der Waals surface area contributed by atoms with E-state index in [1.54, 1.807) is 19.1 Å². The fourth-order valence-electron chi connectivity index (χ4n) is 3.72. The zero-order valence-corrected chi connectivity index (χ0v) is 20.5. The van der Waals surface area contributed by atoms with Crippen LogP contribution in [0.3, 0.4) is 0 Å². The predicted molar refractivity (Wildman–Crippen MR) is 130 cm³/mol. The highest BCUT2D eigenvalue weighted by atomic mass is 32.2. The molecular formula is C25H31NO7S. The van der Waals surface area contributed by atoms with E-state index in [-0.39, 0.29) is 23.3 Å². The molecule has 0 bridgehead atoms. The van der Waals surface area contributed by atoms with Crippen LogP contribution in [0.4, 0.5) is 0 Å². The molecule has 0 aliphatic heterocycles. The number of hydrogen-bond donors (Lipinski definition) is 4. The van der Waals surface area contributed by atoms with Crippen molar-refractivity contribution in [2.75, 3.05) is 0 Å². The van der Waals surface area contributed by atoms with Crippen LogP contribution in [0, 0.1) is 6.92 Å². The third kappa shape index (κ3) is 6.38. The number of carbonyl (C=O) groups is 2. The normalized spacial score (nSPS) is 11.3. The molecule has 0 spiro atoms. The summed E-state index contributed by atoms with van der Waals surface area (Å²) in [5.41, 5.74) is 2.55. The van der Waals surface area contributed by atoms with Gasteiger partial charge in [0.05, 0.1) is 12.0 Å². The molecule has 0 saturated carbocycles. The number of allylic oxidation sites excluding steroid dienone is 1. The SMILES string of the molecule is C=C(C)c1ccc(C)cc1-c1c(O)cc(CCCCC)c(S(=O)(=O)NC(=O)CCC(=O)O)c1O. The molecule has 0 aliphatic carbocycles. The maximum Gasteiger partial charge on any atom is 0.303 e. The van der Waals surface area contributed by atoms with Gasteiger partial charge in [-0.25, -0.2) is 13.1 Å². The number of aliphatic carboxylic acids is 1. The van der Waals surface area contributed by atoms with Gasteiger partial charge >= 0.3 is 5.97 Å². The van der Waals surface area contributed by atoms with E-state index in [1.807, 2.05) is 24.6 Å². The van der Waals surface area contributed by atoms with Gasteiger partial charge in [-0.1, -0.05) is 55.7 Å². The second-order valence-electron chi connectivity index (χ2n) is 8.32. The third-order valence-corrected chi connectivity index (χ3v) is 6.84. The van der Waals surface area contributed by atoms with Crippen molar-refractivity contribution in [3.63, 3.8) is 0 Å². The van der Waals surface area contributed by atoms with Gasteiger partial charge in [-0.3, -0.25) is 9.59 Å². The molecule has 2 aromatic carbocycles. The fraction of sp³-hybridized carbons (Fsp3) is 0.360. The van der Waals surface area contributed by atoms with Gasteiger partial charge in [-0.15, -0.1) is 0 Å². The summed E-state index contributed by atoms with van der Waals surface area (Å²) in [4.78, 5) is 22.4. The number of phenolic OH excluding ortho intramolecular Hbond substituents is 2. The van der Waals surface area contributed by atoms with E-state index in [0.29, 0.717) is 23.1 Å². The predicted octanol–water partition coefficient (Wildman–Crippen LogP) is 4.51. The monoisotopic (exact) mass is 489 g/mol. The Balaban J connectivity index is 2.73. The summed E-state index contributed by atoms with van der Waals surface area (Å²) in [7, 11) is -4.57. The second-order valence-corrected chi connectivity index (χ2v) is 9.94. The lowest BCUT2D eigenvalue weighted by Crippen LogP contribution is -2.31. The van der Waals surface area contributed by atoms with E-state index in [1.165, 1.54) is 6.07 Å². The van der Waals surface area contributed by atoms with Gasteiger partial charge < -0.3 is 15.3 Å². The third-order valence-electron chi connectivity index (χ3n) is 5.35. The molecule has 0 aromatic heterocycles. The van der Waals surface area contributed by atoms with Crippen LogP contribution in [0.25, 0.3) is 16.7 Å². The Morgan fingerprint density at radius 2 is 1.76 bits per heavy atom. The number of phenols is 2. The molecule has 0 fully saturated rings. The Labute approximate surface area is 200 Å². The number of amides is 1. The number of carboxylic acids is 1. The summed E-state index contributed by atoms with van der Waals surface area (Å²) in [5.74, 6) is -3.23. The number of unbranched alkanes of at least 4 members (excludes halogenated alkanes) is 2. The van der Waals surface area contributed by atoms with Crippen molar-refractivity contribution >= 4 is 27.5 Å². The van der Waals surface area contributed by atoms with E-state index in [2.05, 4.69) is 6.58 Å².